The van der Waals surface area contributed by atoms with Crippen LogP contribution in [0.25, 0.3) is 0 Å². The van der Waals surface area contributed by atoms with Gasteiger partial charge in [-0.15, -0.1) is 0 Å². The summed E-state index contributed by atoms with van der Waals surface area (Å²) in [6, 6.07) is 0.409. The van der Waals surface area contributed by atoms with Crippen LogP contribution in [-0.2, 0) is 35.2 Å². The van der Waals surface area contributed by atoms with Crippen molar-refractivity contribution >= 4 is 35.6 Å². The van der Waals surface area contributed by atoms with Crippen molar-refractivity contribution in [3.63, 3.8) is 0 Å². The van der Waals surface area contributed by atoms with Crippen LogP contribution in [-0.4, -0.2) is 104 Å². The van der Waals surface area contributed by atoms with Crippen LogP contribution in [0.4, 0.5) is 0 Å². The van der Waals surface area contributed by atoms with E-state index in [-0.39, 0.29) is 31.7 Å². The van der Waals surface area contributed by atoms with Crippen LogP contribution in [0.3, 0.4) is 0 Å². The number of nitrogens with one attached hydrogen (secondary N) is 2. The predicted octanol–water partition coefficient (Wildman–Crippen LogP) is -1.21. The van der Waals surface area contributed by atoms with Gasteiger partial charge in [-0.3, -0.25) is 24.0 Å². The molecule has 7 N–H and O–H groups in total. The molecule has 2 saturated heterocycles. The molecule has 40 heavy (non-hydrogen) atoms. The lowest BCUT2D eigenvalue weighted by molar-refractivity contribution is -0.149. The predicted molar refractivity (Wildman–Crippen MR) is 139 cm³/mol. The highest BCUT2D eigenvalue weighted by molar-refractivity contribution is 5.97. The van der Waals surface area contributed by atoms with Crippen LogP contribution in [0, 0.1) is 0 Å². The average molecular weight is 562 g/mol. The van der Waals surface area contributed by atoms with Gasteiger partial charge in [0, 0.05) is 13.1 Å². The molecule has 5 unspecified atom stereocenters. The number of amides is 4. The molecular weight excluding hydrogens is 526 g/mol. The fourth-order valence-corrected chi connectivity index (χ4v) is 5.04. The van der Waals surface area contributed by atoms with Gasteiger partial charge in [0.15, 0.2) is 0 Å². The maximum absolute atomic E-state index is 13.4. The van der Waals surface area contributed by atoms with Crippen LogP contribution in [0.1, 0.15) is 44.6 Å². The first-order valence-corrected chi connectivity index (χ1v) is 13.1. The first kappa shape index (κ1) is 30.3. The van der Waals surface area contributed by atoms with E-state index in [0.29, 0.717) is 24.8 Å². The molecule has 2 heterocycles. The summed E-state index contributed by atoms with van der Waals surface area (Å²) in [6.45, 7) is 1.83. The Hall–Kier alpha value is -4.20. The molecule has 0 bridgehead atoms. The number of carbonyl (C=O) groups excluding carboxylic acids is 4. The number of rotatable bonds is 11. The van der Waals surface area contributed by atoms with E-state index >= 15 is 0 Å². The molecular formula is C26H35N5O9. The third-order valence-electron chi connectivity index (χ3n) is 7.11. The number of carbonyl (C=O) groups is 6. The molecule has 2 fully saturated rings. The number of benzene rings is 1. The Bertz CT molecular complexity index is 1140. The van der Waals surface area contributed by atoms with Crippen LogP contribution >= 0.6 is 0 Å². The number of nitrogens with zero attached hydrogens (tertiary/aromatic N) is 2. The molecule has 218 valence electrons. The quantitative estimate of drug-likeness (QED) is 0.189. The van der Waals surface area contributed by atoms with Gasteiger partial charge in [-0.25, -0.2) is 4.79 Å². The van der Waals surface area contributed by atoms with Crippen molar-refractivity contribution in [3.8, 4) is 5.75 Å². The monoisotopic (exact) mass is 561 g/mol. The summed E-state index contributed by atoms with van der Waals surface area (Å²) in [7, 11) is 0. The summed E-state index contributed by atoms with van der Waals surface area (Å²) in [5.41, 5.74) is 6.62. The fourth-order valence-electron chi connectivity index (χ4n) is 5.04. The summed E-state index contributed by atoms with van der Waals surface area (Å²) < 4.78 is 0. The zero-order valence-electron chi connectivity index (χ0n) is 22.1. The topological polar surface area (TPSA) is 220 Å². The molecule has 0 saturated carbocycles. The van der Waals surface area contributed by atoms with E-state index in [2.05, 4.69) is 10.6 Å². The van der Waals surface area contributed by atoms with Gasteiger partial charge in [0.25, 0.3) is 0 Å². The van der Waals surface area contributed by atoms with Crippen molar-refractivity contribution in [3.05, 3.63) is 29.8 Å². The molecule has 2 aliphatic heterocycles. The van der Waals surface area contributed by atoms with Crippen LogP contribution in [0.2, 0.25) is 0 Å². The van der Waals surface area contributed by atoms with Gasteiger partial charge in [-0.05, 0) is 56.7 Å². The highest BCUT2D eigenvalue weighted by Gasteiger charge is 2.41. The highest BCUT2D eigenvalue weighted by Crippen LogP contribution is 2.21. The lowest BCUT2D eigenvalue weighted by Gasteiger charge is -2.30. The lowest BCUT2D eigenvalue weighted by atomic mass is 10.0. The number of phenolic OH excluding ortho intramolecular Hbond substituents is 1. The SMILES string of the molecule is CC(NC(=O)C1CCCN1C(=O)C(CC(=O)O)NC(=O)C(N)Cc1ccc(O)cc1)C(=O)N1CCCC1C(=O)O. The maximum Gasteiger partial charge on any atom is 0.326 e. The van der Waals surface area contributed by atoms with Gasteiger partial charge in [-0.1, -0.05) is 12.1 Å². The molecule has 0 spiro atoms. The standard InChI is InChI=1S/C26H35N5O9/c1-14(24(37)31-11-3-5-20(31)26(39)40)28-23(36)19-4-2-10-30(19)25(38)18(13-21(33)34)29-22(35)17(27)12-15-6-8-16(32)9-7-15/h6-9,14,17-20,32H,2-5,10-13,27H2,1H3,(H,28,36)(H,29,35)(H,33,34)(H,39,40). The minimum atomic E-state index is -1.48. The number of carboxylic acid groups (broad SMARTS) is 2. The molecule has 0 aromatic heterocycles. The molecule has 1 aromatic rings. The van der Waals surface area contributed by atoms with E-state index in [0.717, 1.165) is 0 Å². The van der Waals surface area contributed by atoms with Gasteiger partial charge in [0.1, 0.15) is 29.9 Å². The summed E-state index contributed by atoms with van der Waals surface area (Å²) >= 11 is 0. The number of aliphatic carboxylic acids is 2. The van der Waals surface area contributed by atoms with Gasteiger partial charge in [0.05, 0.1) is 12.5 Å². The fraction of sp³-hybridized carbons (Fsp3) is 0.538. The van der Waals surface area contributed by atoms with E-state index < -0.39 is 72.2 Å². The van der Waals surface area contributed by atoms with Gasteiger partial charge in [0.2, 0.25) is 23.6 Å². The normalized spacial score (nSPS) is 20.9. The summed E-state index contributed by atoms with van der Waals surface area (Å²) in [5.74, 6) is -5.14. The Morgan fingerprint density at radius 1 is 0.925 bits per heavy atom. The minimum absolute atomic E-state index is 0.0392. The van der Waals surface area contributed by atoms with Gasteiger partial charge in [-0.2, -0.15) is 0 Å². The van der Waals surface area contributed by atoms with E-state index in [1.807, 2.05) is 0 Å². The number of hydrogen-bond donors (Lipinski definition) is 6. The number of hydrogen-bond acceptors (Lipinski definition) is 8. The van der Waals surface area contributed by atoms with E-state index in [9.17, 15) is 44.1 Å². The maximum atomic E-state index is 13.4. The second-order valence-corrected chi connectivity index (χ2v) is 10.1. The Morgan fingerprint density at radius 3 is 2.08 bits per heavy atom. The summed E-state index contributed by atoms with van der Waals surface area (Å²) in [6.07, 6.45) is 0.884. The smallest absolute Gasteiger partial charge is 0.326 e. The van der Waals surface area contributed by atoms with Gasteiger partial charge >= 0.3 is 11.9 Å². The second kappa shape index (κ2) is 13.2. The number of likely N-dealkylation sites (tertiary alicyclic amines) is 2. The zero-order valence-corrected chi connectivity index (χ0v) is 22.1. The molecule has 0 aliphatic carbocycles. The molecule has 0 radical (unpaired) electrons. The van der Waals surface area contributed by atoms with Crippen molar-refractivity contribution in [1.29, 1.82) is 0 Å². The van der Waals surface area contributed by atoms with E-state index in [1.54, 1.807) is 12.1 Å². The number of aromatic hydroxyl groups is 1. The lowest BCUT2D eigenvalue weighted by Crippen LogP contribution is -2.58. The molecule has 3 rings (SSSR count). The first-order chi connectivity index (χ1) is 18.9. The highest BCUT2D eigenvalue weighted by atomic mass is 16.4. The molecule has 4 amide bonds. The average Bonchev–Trinajstić information content (AvgIpc) is 3.58. The Kier molecular flexibility index (Phi) is 10.0. The Labute approximate surface area is 230 Å². The van der Waals surface area contributed by atoms with Crippen LogP contribution in [0.5, 0.6) is 5.75 Å². The second-order valence-electron chi connectivity index (χ2n) is 10.1. The van der Waals surface area contributed by atoms with Crippen molar-refractivity contribution in [2.24, 2.45) is 5.73 Å². The molecule has 2 aliphatic rings. The number of carboxylic acids is 2. The molecule has 14 heteroatoms. The van der Waals surface area contributed by atoms with Crippen molar-refractivity contribution in [1.82, 2.24) is 20.4 Å². The largest absolute Gasteiger partial charge is 0.508 e. The molecule has 1 aromatic carbocycles. The molecule has 14 nitrogen and oxygen atoms in total. The van der Waals surface area contributed by atoms with Crippen LogP contribution in [0.15, 0.2) is 24.3 Å². The Morgan fingerprint density at radius 2 is 1.50 bits per heavy atom. The number of phenols is 1. The first-order valence-electron chi connectivity index (χ1n) is 13.1. The van der Waals surface area contributed by atoms with Crippen molar-refractivity contribution in [2.45, 2.75) is 75.7 Å². The van der Waals surface area contributed by atoms with E-state index in [4.69, 9.17) is 5.73 Å². The van der Waals surface area contributed by atoms with Gasteiger partial charge < -0.3 is 41.5 Å². The summed E-state index contributed by atoms with van der Waals surface area (Å²) in [5, 5.41) is 33.1. The van der Waals surface area contributed by atoms with E-state index in [1.165, 1.54) is 28.9 Å². The Balaban J connectivity index is 1.65. The molecule has 5 atom stereocenters. The van der Waals surface area contributed by atoms with Crippen molar-refractivity contribution in [2.75, 3.05) is 13.1 Å². The van der Waals surface area contributed by atoms with Crippen LogP contribution < -0.4 is 16.4 Å². The minimum Gasteiger partial charge on any atom is -0.508 e. The van der Waals surface area contributed by atoms with Crippen molar-refractivity contribution < 1.29 is 44.1 Å². The third-order valence-corrected chi connectivity index (χ3v) is 7.11. The third kappa shape index (κ3) is 7.46. The number of nitrogens with two attached hydrogens (primary N) is 1. The summed E-state index contributed by atoms with van der Waals surface area (Å²) in [4.78, 5) is 77.3. The zero-order chi connectivity index (χ0) is 29.6.